The van der Waals surface area contributed by atoms with Crippen LogP contribution < -0.4 is 16.6 Å². The standard InChI is InChI=1S/C14H24N4O2/c1-14(15-2)5-7-18(8-6-14)10-11-9-12(19)17(4)13(20)16(11)3/h9,15H,5-8,10H2,1-4H3. The Bertz CT molecular complexity index is 594. The molecule has 0 atom stereocenters. The van der Waals surface area contributed by atoms with Gasteiger partial charge in [0, 0.05) is 51.0 Å². The Balaban J connectivity index is 2.13. The lowest BCUT2D eigenvalue weighted by molar-refractivity contribution is 0.143. The van der Waals surface area contributed by atoms with Crippen LogP contribution in [-0.2, 0) is 20.6 Å². The molecule has 0 spiro atoms. The van der Waals surface area contributed by atoms with Crippen molar-refractivity contribution in [1.82, 2.24) is 19.4 Å². The molecule has 1 aromatic heterocycles. The highest BCUT2D eigenvalue weighted by Crippen LogP contribution is 2.21. The van der Waals surface area contributed by atoms with Gasteiger partial charge in [0.25, 0.3) is 5.56 Å². The molecule has 1 aromatic rings. The fourth-order valence-corrected chi connectivity index (χ4v) is 2.61. The summed E-state index contributed by atoms with van der Waals surface area (Å²) in [5.74, 6) is 0. The second-order valence-corrected chi connectivity index (χ2v) is 5.96. The fraction of sp³-hybridized carbons (Fsp3) is 0.714. The summed E-state index contributed by atoms with van der Waals surface area (Å²) in [6.07, 6.45) is 2.14. The second kappa shape index (κ2) is 5.54. The molecule has 1 aliphatic rings. The Morgan fingerprint density at radius 2 is 1.80 bits per heavy atom. The molecule has 112 valence electrons. The Hall–Kier alpha value is -1.40. The third-order valence-electron chi connectivity index (χ3n) is 4.57. The van der Waals surface area contributed by atoms with E-state index in [0.717, 1.165) is 36.2 Å². The van der Waals surface area contributed by atoms with Crippen LogP contribution in [0.5, 0.6) is 0 Å². The molecule has 6 nitrogen and oxygen atoms in total. The van der Waals surface area contributed by atoms with Crippen molar-refractivity contribution in [2.45, 2.75) is 31.8 Å². The first kappa shape index (κ1) is 15.0. The zero-order valence-corrected chi connectivity index (χ0v) is 12.8. The minimum absolute atomic E-state index is 0.204. The van der Waals surface area contributed by atoms with E-state index < -0.39 is 0 Å². The predicted molar refractivity (Wildman–Crippen MR) is 78.9 cm³/mol. The Morgan fingerprint density at radius 3 is 2.35 bits per heavy atom. The van der Waals surface area contributed by atoms with E-state index in [2.05, 4.69) is 17.1 Å². The number of aromatic nitrogens is 2. The van der Waals surface area contributed by atoms with Gasteiger partial charge in [-0.2, -0.15) is 0 Å². The summed E-state index contributed by atoms with van der Waals surface area (Å²) in [5.41, 5.74) is 0.491. The molecular weight excluding hydrogens is 256 g/mol. The normalized spacial score (nSPS) is 19.2. The molecule has 0 aliphatic carbocycles. The molecule has 0 saturated carbocycles. The fourth-order valence-electron chi connectivity index (χ4n) is 2.61. The number of hydrogen-bond acceptors (Lipinski definition) is 4. The molecular formula is C14H24N4O2. The van der Waals surface area contributed by atoms with Crippen LogP contribution in [0.2, 0.25) is 0 Å². The Morgan fingerprint density at radius 1 is 1.20 bits per heavy atom. The quantitative estimate of drug-likeness (QED) is 0.823. The van der Waals surface area contributed by atoms with Gasteiger partial charge in [-0.25, -0.2) is 4.79 Å². The van der Waals surface area contributed by atoms with E-state index in [-0.39, 0.29) is 16.8 Å². The van der Waals surface area contributed by atoms with Crippen molar-refractivity contribution >= 4 is 0 Å². The number of rotatable bonds is 3. The van der Waals surface area contributed by atoms with Crippen LogP contribution in [0.15, 0.2) is 15.7 Å². The van der Waals surface area contributed by atoms with Gasteiger partial charge >= 0.3 is 5.69 Å². The van der Waals surface area contributed by atoms with E-state index in [1.165, 1.54) is 7.05 Å². The Kier molecular flexibility index (Phi) is 4.15. The van der Waals surface area contributed by atoms with Crippen molar-refractivity contribution in [3.8, 4) is 0 Å². The van der Waals surface area contributed by atoms with Crippen molar-refractivity contribution in [1.29, 1.82) is 0 Å². The molecule has 6 heteroatoms. The molecule has 0 radical (unpaired) electrons. The number of nitrogens with zero attached hydrogens (tertiary/aromatic N) is 3. The monoisotopic (exact) mass is 280 g/mol. The van der Waals surface area contributed by atoms with Crippen molar-refractivity contribution < 1.29 is 0 Å². The molecule has 0 unspecified atom stereocenters. The predicted octanol–water partition coefficient (Wildman–Crippen LogP) is -0.342. The number of piperidine rings is 1. The van der Waals surface area contributed by atoms with E-state index in [1.54, 1.807) is 17.7 Å². The first-order valence-electron chi connectivity index (χ1n) is 7.03. The van der Waals surface area contributed by atoms with Crippen LogP contribution in [0.3, 0.4) is 0 Å². The zero-order chi connectivity index (χ0) is 14.9. The highest BCUT2D eigenvalue weighted by atomic mass is 16.2. The summed E-state index contributed by atoms with van der Waals surface area (Å²) in [6, 6.07) is 1.56. The molecule has 0 amide bonds. The molecule has 1 saturated heterocycles. The Labute approximate surface area is 119 Å². The minimum Gasteiger partial charge on any atom is -0.314 e. The van der Waals surface area contributed by atoms with Gasteiger partial charge < -0.3 is 5.32 Å². The zero-order valence-electron chi connectivity index (χ0n) is 12.8. The van der Waals surface area contributed by atoms with Crippen molar-refractivity contribution in [2.75, 3.05) is 20.1 Å². The van der Waals surface area contributed by atoms with Crippen LogP contribution in [0.1, 0.15) is 25.5 Å². The largest absolute Gasteiger partial charge is 0.330 e. The van der Waals surface area contributed by atoms with E-state index in [9.17, 15) is 9.59 Å². The van der Waals surface area contributed by atoms with Gasteiger partial charge in [-0.3, -0.25) is 18.8 Å². The maximum atomic E-state index is 11.9. The average Bonchev–Trinajstić information content (AvgIpc) is 2.45. The first-order chi connectivity index (χ1) is 9.36. The molecule has 1 fully saturated rings. The lowest BCUT2D eigenvalue weighted by Gasteiger charge is -2.39. The number of nitrogens with one attached hydrogen (secondary N) is 1. The summed E-state index contributed by atoms with van der Waals surface area (Å²) < 4.78 is 2.70. The van der Waals surface area contributed by atoms with Crippen molar-refractivity contribution in [3.05, 3.63) is 32.6 Å². The van der Waals surface area contributed by atoms with E-state index in [4.69, 9.17) is 0 Å². The minimum atomic E-state index is -0.260. The van der Waals surface area contributed by atoms with Crippen LogP contribution in [0.25, 0.3) is 0 Å². The molecule has 2 rings (SSSR count). The summed E-state index contributed by atoms with van der Waals surface area (Å²) in [6.45, 7) is 4.83. The average molecular weight is 280 g/mol. The number of likely N-dealkylation sites (tertiary alicyclic amines) is 1. The topological polar surface area (TPSA) is 59.3 Å². The highest BCUT2D eigenvalue weighted by molar-refractivity contribution is 5.03. The molecule has 1 aliphatic heterocycles. The third-order valence-corrected chi connectivity index (χ3v) is 4.57. The maximum absolute atomic E-state index is 11.9. The summed E-state index contributed by atoms with van der Waals surface area (Å²) in [7, 11) is 5.23. The first-order valence-corrected chi connectivity index (χ1v) is 7.03. The van der Waals surface area contributed by atoms with Gasteiger partial charge in [0.15, 0.2) is 0 Å². The second-order valence-electron chi connectivity index (χ2n) is 5.96. The molecule has 1 N–H and O–H groups in total. The van der Waals surface area contributed by atoms with Gasteiger partial charge in [-0.05, 0) is 26.8 Å². The maximum Gasteiger partial charge on any atom is 0.330 e. The molecule has 2 heterocycles. The van der Waals surface area contributed by atoms with E-state index in [0.29, 0.717) is 6.54 Å². The van der Waals surface area contributed by atoms with Crippen LogP contribution in [0, 0.1) is 0 Å². The summed E-state index contributed by atoms with van der Waals surface area (Å²) in [5, 5.41) is 3.37. The van der Waals surface area contributed by atoms with Gasteiger partial charge in [0.05, 0.1) is 0 Å². The van der Waals surface area contributed by atoms with Crippen LogP contribution in [0.4, 0.5) is 0 Å². The molecule has 0 bridgehead atoms. The highest BCUT2D eigenvalue weighted by Gasteiger charge is 2.28. The van der Waals surface area contributed by atoms with Gasteiger partial charge in [-0.1, -0.05) is 0 Å². The number of hydrogen-bond donors (Lipinski definition) is 1. The third kappa shape index (κ3) is 2.86. The van der Waals surface area contributed by atoms with Gasteiger partial charge in [0.1, 0.15) is 0 Å². The molecule has 20 heavy (non-hydrogen) atoms. The van der Waals surface area contributed by atoms with Crippen LogP contribution >= 0.6 is 0 Å². The lowest BCUT2D eigenvalue weighted by Crippen LogP contribution is -2.50. The van der Waals surface area contributed by atoms with Crippen molar-refractivity contribution in [2.24, 2.45) is 14.1 Å². The lowest BCUT2D eigenvalue weighted by atomic mass is 9.90. The van der Waals surface area contributed by atoms with E-state index in [1.807, 2.05) is 7.05 Å². The SMILES string of the molecule is CNC1(C)CCN(Cc2cc(=O)n(C)c(=O)n2C)CC1. The van der Waals surface area contributed by atoms with Gasteiger partial charge in [-0.15, -0.1) is 0 Å². The van der Waals surface area contributed by atoms with Crippen molar-refractivity contribution in [3.63, 3.8) is 0 Å². The molecule has 0 aromatic carbocycles. The van der Waals surface area contributed by atoms with E-state index >= 15 is 0 Å². The van der Waals surface area contributed by atoms with Crippen LogP contribution in [-0.4, -0.2) is 39.7 Å². The summed E-state index contributed by atoms with van der Waals surface area (Å²) in [4.78, 5) is 25.9. The van der Waals surface area contributed by atoms with Gasteiger partial charge in [0.2, 0.25) is 0 Å². The smallest absolute Gasteiger partial charge is 0.314 e. The summed E-state index contributed by atoms with van der Waals surface area (Å²) >= 11 is 0.